The fraction of sp³-hybridized carbons (Fsp3) is 0.438. The first-order valence-electron chi connectivity index (χ1n) is 7.46. The molecule has 5 nitrogen and oxygen atoms in total. The van der Waals surface area contributed by atoms with Gasteiger partial charge < -0.3 is 10.1 Å². The Kier molecular flexibility index (Phi) is 4.80. The molecule has 1 aliphatic heterocycles. The minimum atomic E-state index is -0.0475. The van der Waals surface area contributed by atoms with Crippen molar-refractivity contribution in [2.75, 3.05) is 13.2 Å². The Morgan fingerprint density at radius 1 is 1.50 bits per heavy atom. The number of thiophene rings is 1. The topological polar surface area (TPSA) is 64.1 Å². The van der Waals surface area contributed by atoms with Crippen molar-refractivity contribution in [3.05, 3.63) is 45.7 Å². The maximum atomic E-state index is 12.1. The van der Waals surface area contributed by atoms with Crippen LogP contribution in [0.2, 0.25) is 0 Å². The van der Waals surface area contributed by atoms with Gasteiger partial charge in [-0.25, -0.2) is 9.97 Å². The number of aryl methyl sites for hydroxylation is 1. The Hall–Kier alpha value is -1.79. The van der Waals surface area contributed by atoms with Crippen molar-refractivity contribution in [3.63, 3.8) is 0 Å². The first kappa shape index (κ1) is 15.1. The van der Waals surface area contributed by atoms with E-state index < -0.39 is 0 Å². The molecule has 0 aliphatic carbocycles. The summed E-state index contributed by atoms with van der Waals surface area (Å²) in [4.78, 5) is 21.8. The molecule has 0 unspecified atom stereocenters. The maximum absolute atomic E-state index is 12.1. The van der Waals surface area contributed by atoms with Gasteiger partial charge in [0.25, 0.3) is 5.91 Å². The van der Waals surface area contributed by atoms with Crippen LogP contribution < -0.4 is 5.32 Å². The summed E-state index contributed by atoms with van der Waals surface area (Å²) in [5.74, 6) is 1.04. The molecule has 3 heterocycles. The molecule has 6 heteroatoms. The Morgan fingerprint density at radius 2 is 2.41 bits per heavy atom. The lowest BCUT2D eigenvalue weighted by atomic mass is 10.0. The van der Waals surface area contributed by atoms with Crippen LogP contribution in [0.3, 0.4) is 0 Å². The second kappa shape index (κ2) is 6.98. The Bertz CT molecular complexity index is 650. The zero-order valence-corrected chi connectivity index (χ0v) is 13.4. The Morgan fingerprint density at radius 3 is 3.14 bits per heavy atom. The summed E-state index contributed by atoms with van der Waals surface area (Å²) in [6.07, 6.45) is 3.87. The molecule has 2 aromatic heterocycles. The number of carbonyl (C=O) groups excluding carboxylic acids is 1. The van der Waals surface area contributed by atoms with Crippen molar-refractivity contribution in [2.24, 2.45) is 0 Å². The smallest absolute Gasteiger partial charge is 0.261 e. The summed E-state index contributed by atoms with van der Waals surface area (Å²) in [5.41, 5.74) is 1.84. The number of amides is 1. The van der Waals surface area contributed by atoms with E-state index in [1.165, 1.54) is 11.3 Å². The molecular formula is C16H19N3O2S. The van der Waals surface area contributed by atoms with Gasteiger partial charge in [-0.1, -0.05) is 0 Å². The third kappa shape index (κ3) is 3.51. The lowest BCUT2D eigenvalue weighted by molar-refractivity contribution is 0.0779. The van der Waals surface area contributed by atoms with E-state index in [9.17, 15) is 4.79 Å². The van der Waals surface area contributed by atoms with Crippen LogP contribution >= 0.6 is 11.3 Å². The summed E-state index contributed by atoms with van der Waals surface area (Å²) in [6, 6.07) is 3.79. The third-order valence-corrected chi connectivity index (χ3v) is 4.77. The number of nitrogens with zero attached hydrogens (tertiary/aromatic N) is 2. The molecule has 22 heavy (non-hydrogen) atoms. The van der Waals surface area contributed by atoms with E-state index in [-0.39, 0.29) is 11.8 Å². The Balaban J connectivity index is 1.63. The van der Waals surface area contributed by atoms with E-state index >= 15 is 0 Å². The monoisotopic (exact) mass is 317 g/mol. The highest BCUT2D eigenvalue weighted by Gasteiger charge is 2.19. The Labute approximate surface area is 133 Å². The number of ether oxygens (including phenoxy) is 1. The molecule has 1 amide bonds. The molecule has 116 valence electrons. The number of aromatic nitrogens is 2. The van der Waals surface area contributed by atoms with Crippen LogP contribution in [-0.4, -0.2) is 29.1 Å². The second-order valence-corrected chi connectivity index (χ2v) is 6.35. The van der Waals surface area contributed by atoms with Gasteiger partial charge in [-0.15, -0.1) is 11.3 Å². The standard InChI is InChI=1S/C16H19N3O2S/c1-11-5-8-22-14(11)16(20)18-9-13-4-6-17-15(19-13)12-3-2-7-21-10-12/h4-6,8,12H,2-3,7,9-10H2,1H3,(H,18,20)/t12-/m0/s1. The normalized spacial score (nSPS) is 18.1. The van der Waals surface area contributed by atoms with Gasteiger partial charge in [0.05, 0.1) is 23.7 Å². The SMILES string of the molecule is Cc1ccsc1C(=O)NCc1ccnc([C@H]2CCCOC2)n1. The number of rotatable bonds is 4. The number of carbonyl (C=O) groups is 1. The molecule has 1 atom stereocenters. The van der Waals surface area contributed by atoms with Crippen LogP contribution in [0.1, 0.15) is 45.5 Å². The molecule has 3 rings (SSSR count). The highest BCUT2D eigenvalue weighted by molar-refractivity contribution is 7.12. The fourth-order valence-electron chi connectivity index (χ4n) is 2.51. The van der Waals surface area contributed by atoms with Crippen molar-refractivity contribution in [1.29, 1.82) is 0 Å². The molecule has 0 saturated carbocycles. The van der Waals surface area contributed by atoms with Crippen LogP contribution in [0.5, 0.6) is 0 Å². The molecular weight excluding hydrogens is 298 g/mol. The molecule has 2 aromatic rings. The highest BCUT2D eigenvalue weighted by atomic mass is 32.1. The van der Waals surface area contributed by atoms with E-state index in [0.29, 0.717) is 13.2 Å². The summed E-state index contributed by atoms with van der Waals surface area (Å²) in [5, 5.41) is 4.85. The van der Waals surface area contributed by atoms with Gasteiger partial charge in [0.2, 0.25) is 0 Å². The molecule has 0 spiro atoms. The quantitative estimate of drug-likeness (QED) is 0.941. The first-order valence-corrected chi connectivity index (χ1v) is 8.34. The summed E-state index contributed by atoms with van der Waals surface area (Å²) in [6.45, 7) is 3.87. The minimum absolute atomic E-state index is 0.0475. The highest BCUT2D eigenvalue weighted by Crippen LogP contribution is 2.22. The lowest BCUT2D eigenvalue weighted by Gasteiger charge is -2.20. The van der Waals surface area contributed by atoms with Gasteiger partial charge in [0.15, 0.2) is 0 Å². The average molecular weight is 317 g/mol. The minimum Gasteiger partial charge on any atom is -0.381 e. The average Bonchev–Trinajstić information content (AvgIpc) is 3.00. The van der Waals surface area contributed by atoms with E-state index in [1.807, 2.05) is 24.4 Å². The molecule has 1 saturated heterocycles. The van der Waals surface area contributed by atoms with Gasteiger partial charge in [0, 0.05) is 18.7 Å². The molecule has 1 fully saturated rings. The second-order valence-electron chi connectivity index (χ2n) is 5.44. The molecule has 0 radical (unpaired) electrons. The van der Waals surface area contributed by atoms with Crippen LogP contribution in [0.4, 0.5) is 0 Å². The van der Waals surface area contributed by atoms with Crippen LogP contribution in [0.15, 0.2) is 23.7 Å². The predicted octanol–water partition coefficient (Wildman–Crippen LogP) is 2.67. The van der Waals surface area contributed by atoms with Crippen molar-refractivity contribution >= 4 is 17.2 Å². The largest absolute Gasteiger partial charge is 0.381 e. The number of nitrogens with one attached hydrogen (secondary N) is 1. The number of hydrogen-bond donors (Lipinski definition) is 1. The molecule has 1 N–H and O–H groups in total. The summed E-state index contributed by atoms with van der Waals surface area (Å²) >= 11 is 1.46. The van der Waals surface area contributed by atoms with Gasteiger partial charge in [0.1, 0.15) is 5.82 Å². The third-order valence-electron chi connectivity index (χ3n) is 3.76. The van der Waals surface area contributed by atoms with Gasteiger partial charge >= 0.3 is 0 Å². The summed E-state index contributed by atoms with van der Waals surface area (Å²) < 4.78 is 5.49. The van der Waals surface area contributed by atoms with Gasteiger partial charge in [-0.2, -0.15) is 0 Å². The van der Waals surface area contributed by atoms with Crippen molar-refractivity contribution in [1.82, 2.24) is 15.3 Å². The van der Waals surface area contributed by atoms with E-state index in [2.05, 4.69) is 15.3 Å². The molecule has 0 bridgehead atoms. The zero-order chi connectivity index (χ0) is 15.4. The van der Waals surface area contributed by atoms with Crippen LogP contribution in [-0.2, 0) is 11.3 Å². The van der Waals surface area contributed by atoms with Crippen molar-refractivity contribution in [3.8, 4) is 0 Å². The first-order chi connectivity index (χ1) is 10.7. The van der Waals surface area contributed by atoms with Gasteiger partial charge in [-0.3, -0.25) is 4.79 Å². The van der Waals surface area contributed by atoms with Crippen LogP contribution in [0.25, 0.3) is 0 Å². The van der Waals surface area contributed by atoms with E-state index in [4.69, 9.17) is 4.74 Å². The van der Waals surface area contributed by atoms with Gasteiger partial charge in [-0.05, 0) is 42.8 Å². The zero-order valence-electron chi connectivity index (χ0n) is 12.5. The molecule has 1 aliphatic rings. The van der Waals surface area contributed by atoms with Crippen molar-refractivity contribution in [2.45, 2.75) is 32.2 Å². The maximum Gasteiger partial charge on any atom is 0.261 e. The van der Waals surface area contributed by atoms with E-state index in [0.717, 1.165) is 41.4 Å². The fourth-order valence-corrected chi connectivity index (χ4v) is 3.35. The summed E-state index contributed by atoms with van der Waals surface area (Å²) in [7, 11) is 0. The predicted molar refractivity (Wildman–Crippen MR) is 85.1 cm³/mol. The van der Waals surface area contributed by atoms with E-state index in [1.54, 1.807) is 6.20 Å². The lowest BCUT2D eigenvalue weighted by Crippen LogP contribution is -2.24. The number of hydrogen-bond acceptors (Lipinski definition) is 5. The van der Waals surface area contributed by atoms with Crippen LogP contribution in [0, 0.1) is 6.92 Å². The molecule has 0 aromatic carbocycles. The van der Waals surface area contributed by atoms with Crippen molar-refractivity contribution < 1.29 is 9.53 Å².